The van der Waals surface area contributed by atoms with Crippen LogP contribution in [-0.2, 0) is 10.0 Å². The molecule has 6 nitrogen and oxygen atoms in total. The van der Waals surface area contributed by atoms with Gasteiger partial charge in [0.1, 0.15) is 5.75 Å². The zero-order valence-corrected chi connectivity index (χ0v) is 16.3. The van der Waals surface area contributed by atoms with E-state index in [4.69, 9.17) is 4.74 Å². The fraction of sp³-hybridized carbons (Fsp3) is 0.316. The van der Waals surface area contributed by atoms with E-state index in [9.17, 15) is 26.4 Å². The van der Waals surface area contributed by atoms with E-state index in [2.05, 4.69) is 5.32 Å². The Hall–Kier alpha value is -2.59. The molecule has 0 aromatic heterocycles. The van der Waals surface area contributed by atoms with Gasteiger partial charge < -0.3 is 10.1 Å². The van der Waals surface area contributed by atoms with E-state index in [1.54, 1.807) is 12.1 Å². The van der Waals surface area contributed by atoms with Crippen molar-refractivity contribution in [2.75, 3.05) is 20.2 Å². The lowest BCUT2D eigenvalue weighted by Gasteiger charge is -2.31. The van der Waals surface area contributed by atoms with Crippen LogP contribution in [0.2, 0.25) is 0 Å². The summed E-state index contributed by atoms with van der Waals surface area (Å²) in [7, 11) is -2.21. The van der Waals surface area contributed by atoms with Crippen LogP contribution < -0.4 is 10.1 Å². The van der Waals surface area contributed by atoms with Gasteiger partial charge in [-0.2, -0.15) is 4.31 Å². The number of sulfonamides is 1. The average Bonchev–Trinajstić information content (AvgIpc) is 2.72. The van der Waals surface area contributed by atoms with Crippen LogP contribution in [0.15, 0.2) is 41.3 Å². The van der Waals surface area contributed by atoms with Crippen molar-refractivity contribution in [3.8, 4) is 5.75 Å². The molecule has 0 aliphatic carbocycles. The van der Waals surface area contributed by atoms with Crippen LogP contribution in [0.25, 0.3) is 0 Å². The standard InChI is InChI=1S/C19H19F3N2O4S/c1-28-13-2-4-14(5-3-13)29(26,27)24-10-8-12(9-11-24)23-19(25)15-6-7-16(20)18(22)17(15)21/h2-7,12H,8-11H2,1H3,(H,23,25). The summed E-state index contributed by atoms with van der Waals surface area (Å²) in [5.74, 6) is -4.98. The van der Waals surface area contributed by atoms with Gasteiger partial charge in [-0.05, 0) is 49.2 Å². The Morgan fingerprint density at radius 3 is 2.24 bits per heavy atom. The van der Waals surface area contributed by atoms with Crippen molar-refractivity contribution in [2.24, 2.45) is 0 Å². The Labute approximate surface area is 166 Å². The highest BCUT2D eigenvalue weighted by Crippen LogP contribution is 2.23. The monoisotopic (exact) mass is 428 g/mol. The van der Waals surface area contributed by atoms with Crippen LogP contribution in [0, 0.1) is 17.5 Å². The Morgan fingerprint density at radius 1 is 1.03 bits per heavy atom. The third kappa shape index (κ3) is 4.38. The van der Waals surface area contributed by atoms with Crippen molar-refractivity contribution in [1.29, 1.82) is 0 Å². The van der Waals surface area contributed by atoms with E-state index in [1.165, 1.54) is 23.5 Å². The number of hydrogen-bond acceptors (Lipinski definition) is 4. The van der Waals surface area contributed by atoms with Crippen molar-refractivity contribution in [1.82, 2.24) is 9.62 Å². The highest BCUT2D eigenvalue weighted by molar-refractivity contribution is 7.89. The van der Waals surface area contributed by atoms with Gasteiger partial charge in [0.05, 0.1) is 17.6 Å². The van der Waals surface area contributed by atoms with Crippen molar-refractivity contribution in [2.45, 2.75) is 23.8 Å². The van der Waals surface area contributed by atoms with E-state index < -0.39 is 45.0 Å². The summed E-state index contributed by atoms with van der Waals surface area (Å²) < 4.78 is 71.8. The number of carbonyl (C=O) groups excluding carboxylic acids is 1. The summed E-state index contributed by atoms with van der Waals surface area (Å²) in [5, 5.41) is 2.54. The van der Waals surface area contributed by atoms with Crippen LogP contribution in [-0.4, -0.2) is 44.9 Å². The topological polar surface area (TPSA) is 75.7 Å². The minimum atomic E-state index is -3.69. The predicted octanol–water partition coefficient (Wildman–Crippen LogP) is 2.70. The number of amides is 1. The summed E-state index contributed by atoms with van der Waals surface area (Å²) in [6.45, 7) is 0.305. The van der Waals surface area contributed by atoms with Crippen LogP contribution in [0.3, 0.4) is 0 Å². The molecule has 1 aliphatic heterocycles. The van der Waals surface area contributed by atoms with E-state index in [1.807, 2.05) is 0 Å². The molecule has 1 aliphatic rings. The Bertz CT molecular complexity index is 1000. The molecule has 0 spiro atoms. The zero-order chi connectivity index (χ0) is 21.2. The molecule has 10 heteroatoms. The lowest BCUT2D eigenvalue weighted by molar-refractivity contribution is 0.0918. The molecule has 29 heavy (non-hydrogen) atoms. The minimum absolute atomic E-state index is 0.129. The molecule has 0 radical (unpaired) electrons. The molecule has 0 saturated carbocycles. The quantitative estimate of drug-likeness (QED) is 0.743. The number of benzene rings is 2. The molecule has 2 aromatic carbocycles. The number of hydrogen-bond donors (Lipinski definition) is 1. The SMILES string of the molecule is COc1ccc(S(=O)(=O)N2CCC(NC(=O)c3ccc(F)c(F)c3F)CC2)cc1. The molecule has 3 rings (SSSR count). The second-order valence-electron chi connectivity index (χ2n) is 6.55. The number of ether oxygens (including phenoxy) is 1. The third-order valence-electron chi connectivity index (χ3n) is 4.77. The summed E-state index contributed by atoms with van der Waals surface area (Å²) >= 11 is 0. The highest BCUT2D eigenvalue weighted by atomic mass is 32.2. The maximum absolute atomic E-state index is 13.8. The first-order valence-electron chi connectivity index (χ1n) is 8.82. The van der Waals surface area contributed by atoms with Crippen LogP contribution in [0.5, 0.6) is 5.75 Å². The van der Waals surface area contributed by atoms with Gasteiger partial charge in [-0.3, -0.25) is 4.79 Å². The second-order valence-corrected chi connectivity index (χ2v) is 8.49. The predicted molar refractivity (Wildman–Crippen MR) is 98.6 cm³/mol. The molecule has 1 heterocycles. The molecule has 1 amide bonds. The number of rotatable bonds is 5. The molecule has 1 fully saturated rings. The van der Waals surface area contributed by atoms with Crippen molar-refractivity contribution < 1.29 is 31.1 Å². The number of nitrogens with one attached hydrogen (secondary N) is 1. The van der Waals surface area contributed by atoms with Gasteiger partial charge >= 0.3 is 0 Å². The Kier molecular flexibility index (Phi) is 6.13. The molecule has 0 unspecified atom stereocenters. The van der Waals surface area contributed by atoms with Crippen molar-refractivity contribution in [3.05, 3.63) is 59.4 Å². The molecule has 156 valence electrons. The second kappa shape index (κ2) is 8.42. The molecule has 1 N–H and O–H groups in total. The Balaban J connectivity index is 1.63. The van der Waals surface area contributed by atoms with Crippen molar-refractivity contribution >= 4 is 15.9 Å². The number of carbonyl (C=O) groups is 1. The molecular formula is C19H19F3N2O4S. The lowest BCUT2D eigenvalue weighted by atomic mass is 10.1. The number of piperidine rings is 1. The van der Waals surface area contributed by atoms with Gasteiger partial charge in [-0.25, -0.2) is 21.6 Å². The molecule has 2 aromatic rings. The van der Waals surface area contributed by atoms with Gasteiger partial charge in [0.25, 0.3) is 5.91 Å². The number of nitrogens with zero attached hydrogens (tertiary/aromatic N) is 1. The fourth-order valence-corrected chi connectivity index (χ4v) is 4.57. The summed E-state index contributed by atoms with van der Waals surface area (Å²) in [6.07, 6.45) is 0.596. The average molecular weight is 428 g/mol. The maximum atomic E-state index is 13.8. The van der Waals surface area contributed by atoms with Gasteiger partial charge in [-0.1, -0.05) is 0 Å². The maximum Gasteiger partial charge on any atom is 0.254 e. The van der Waals surface area contributed by atoms with Gasteiger partial charge in [0, 0.05) is 19.1 Å². The normalized spacial score (nSPS) is 15.9. The van der Waals surface area contributed by atoms with Crippen LogP contribution in [0.4, 0.5) is 13.2 Å². The van der Waals surface area contributed by atoms with Gasteiger partial charge in [0.2, 0.25) is 10.0 Å². The van der Waals surface area contributed by atoms with Crippen LogP contribution >= 0.6 is 0 Å². The molecule has 0 bridgehead atoms. The molecule has 0 atom stereocenters. The summed E-state index contributed by atoms with van der Waals surface area (Å²) in [4.78, 5) is 12.3. The molecule has 1 saturated heterocycles. The van der Waals surface area contributed by atoms with E-state index in [-0.39, 0.29) is 18.0 Å². The third-order valence-corrected chi connectivity index (χ3v) is 6.68. The van der Waals surface area contributed by atoms with E-state index >= 15 is 0 Å². The first-order valence-corrected chi connectivity index (χ1v) is 10.3. The van der Waals surface area contributed by atoms with E-state index in [0.29, 0.717) is 24.7 Å². The first-order chi connectivity index (χ1) is 13.7. The smallest absolute Gasteiger partial charge is 0.254 e. The first kappa shape index (κ1) is 21.1. The highest BCUT2D eigenvalue weighted by Gasteiger charge is 2.30. The zero-order valence-electron chi connectivity index (χ0n) is 15.5. The fourth-order valence-electron chi connectivity index (χ4n) is 3.10. The van der Waals surface area contributed by atoms with Crippen LogP contribution in [0.1, 0.15) is 23.2 Å². The minimum Gasteiger partial charge on any atom is -0.497 e. The van der Waals surface area contributed by atoms with E-state index in [0.717, 1.165) is 6.07 Å². The largest absolute Gasteiger partial charge is 0.497 e. The number of methoxy groups -OCH3 is 1. The lowest BCUT2D eigenvalue weighted by Crippen LogP contribution is -2.46. The number of halogens is 3. The van der Waals surface area contributed by atoms with Gasteiger partial charge in [0.15, 0.2) is 17.5 Å². The van der Waals surface area contributed by atoms with Gasteiger partial charge in [-0.15, -0.1) is 0 Å². The summed E-state index contributed by atoms with van der Waals surface area (Å²) in [5.41, 5.74) is -0.600. The van der Waals surface area contributed by atoms with Crippen molar-refractivity contribution in [3.63, 3.8) is 0 Å². The summed E-state index contributed by atoms with van der Waals surface area (Å²) in [6, 6.07) is 7.13. The molecular weight excluding hydrogens is 409 g/mol. The Morgan fingerprint density at radius 2 is 1.66 bits per heavy atom.